The van der Waals surface area contributed by atoms with Crippen molar-refractivity contribution in [1.29, 1.82) is 0 Å². The summed E-state index contributed by atoms with van der Waals surface area (Å²) in [4.78, 5) is 26.5. The highest BCUT2D eigenvalue weighted by Gasteiger charge is 2.44. The van der Waals surface area contributed by atoms with E-state index in [1.807, 2.05) is 29.5 Å². The number of hydrogen-bond acceptors (Lipinski definition) is 7. The molecule has 3 atom stereocenters. The van der Waals surface area contributed by atoms with Gasteiger partial charge in [0.15, 0.2) is 11.5 Å². The molecular weight excluding hydrogens is 648 g/mol. The minimum Gasteiger partial charge on any atom is -0.493 e. The molecule has 0 radical (unpaired) electrons. The van der Waals surface area contributed by atoms with Crippen molar-refractivity contribution in [2.75, 3.05) is 26.8 Å². The number of amides is 2. The van der Waals surface area contributed by atoms with Crippen molar-refractivity contribution in [2.45, 2.75) is 82.9 Å². The van der Waals surface area contributed by atoms with Crippen molar-refractivity contribution >= 4 is 34.4 Å². The Labute approximate surface area is 245 Å². The quantitative estimate of drug-likeness (QED) is 0.165. The maximum atomic E-state index is 13.7. The Bertz CT molecular complexity index is 1020. The van der Waals surface area contributed by atoms with Gasteiger partial charge >= 0.3 is 6.18 Å². The van der Waals surface area contributed by atoms with Gasteiger partial charge in [-0.2, -0.15) is 13.2 Å². The lowest BCUT2D eigenvalue weighted by Crippen LogP contribution is -2.57. The van der Waals surface area contributed by atoms with E-state index in [1.165, 1.54) is 19.3 Å². The fraction of sp³-hybridized carbons (Fsp3) is 0.630. The molecule has 1 aromatic rings. The van der Waals surface area contributed by atoms with Gasteiger partial charge in [-0.15, -0.1) is 0 Å². The zero-order chi connectivity index (χ0) is 29.9. The maximum Gasteiger partial charge on any atom is 0.406 e. The Morgan fingerprint density at radius 1 is 1.18 bits per heavy atom. The number of carbonyl (C=O) groups is 2. The smallest absolute Gasteiger partial charge is 0.406 e. The summed E-state index contributed by atoms with van der Waals surface area (Å²) < 4.78 is 52.9. The van der Waals surface area contributed by atoms with Gasteiger partial charge in [-0.3, -0.25) is 9.59 Å². The number of nitrogens with one attached hydrogen (secondary N) is 1. The van der Waals surface area contributed by atoms with Crippen molar-refractivity contribution < 1.29 is 47.6 Å². The summed E-state index contributed by atoms with van der Waals surface area (Å²) in [5.41, 5.74) is 0.536. The first-order valence-corrected chi connectivity index (χ1v) is 14.3. The molecule has 0 saturated carbocycles. The minimum absolute atomic E-state index is 0.0117. The molecule has 40 heavy (non-hydrogen) atoms. The third kappa shape index (κ3) is 10.1. The summed E-state index contributed by atoms with van der Waals surface area (Å²) in [5.74, 6) is -1.06. The number of unbranched alkanes of at least 4 members (excludes halogenated alkanes) is 4. The summed E-state index contributed by atoms with van der Waals surface area (Å²) in [6.07, 6.45) is -2.94. The number of aliphatic hydroxyl groups is 3. The normalized spacial score (nSPS) is 19.1. The monoisotopic (exact) mass is 686 g/mol. The highest BCUT2D eigenvalue weighted by Crippen LogP contribution is 2.37. The fourth-order valence-electron chi connectivity index (χ4n) is 4.50. The van der Waals surface area contributed by atoms with Crippen LogP contribution in [-0.2, 0) is 16.2 Å². The molecule has 0 spiro atoms. The zero-order valence-corrected chi connectivity index (χ0v) is 24.8. The summed E-state index contributed by atoms with van der Waals surface area (Å²) in [6.45, 7) is -0.283. The third-order valence-electron chi connectivity index (χ3n) is 6.50. The van der Waals surface area contributed by atoms with E-state index in [1.54, 1.807) is 6.07 Å². The number of ether oxygens (including phenoxy) is 2. The number of halogens is 4. The van der Waals surface area contributed by atoms with Crippen molar-refractivity contribution in [1.82, 2.24) is 10.2 Å². The van der Waals surface area contributed by atoms with Crippen molar-refractivity contribution in [3.8, 4) is 11.5 Å². The molecule has 9 nitrogen and oxygen atoms in total. The van der Waals surface area contributed by atoms with Crippen LogP contribution in [0.5, 0.6) is 11.5 Å². The molecule has 0 aliphatic heterocycles. The lowest BCUT2D eigenvalue weighted by molar-refractivity contribution is -0.172. The highest BCUT2D eigenvalue weighted by molar-refractivity contribution is 14.1. The lowest BCUT2D eigenvalue weighted by atomic mass is 9.87. The molecule has 0 heterocycles. The molecule has 0 aromatic heterocycles. The average Bonchev–Trinajstić information content (AvgIpc) is 2.91. The minimum atomic E-state index is -4.74. The van der Waals surface area contributed by atoms with Crippen LogP contribution in [0.25, 0.3) is 0 Å². The topological polar surface area (TPSA) is 129 Å². The van der Waals surface area contributed by atoms with E-state index in [0.717, 1.165) is 19.3 Å². The third-order valence-corrected chi connectivity index (χ3v) is 7.31. The van der Waals surface area contributed by atoms with Crippen LogP contribution >= 0.6 is 22.6 Å². The molecule has 2 rings (SSSR count). The molecule has 2 amide bonds. The average molecular weight is 687 g/mol. The summed E-state index contributed by atoms with van der Waals surface area (Å²) in [6, 6.07) is 1.72. The Morgan fingerprint density at radius 2 is 1.88 bits per heavy atom. The summed E-state index contributed by atoms with van der Waals surface area (Å²) in [5, 5.41) is 32.4. The van der Waals surface area contributed by atoms with Gasteiger partial charge in [0.25, 0.3) is 0 Å². The number of rotatable bonds is 15. The van der Waals surface area contributed by atoms with E-state index in [4.69, 9.17) is 14.6 Å². The van der Waals surface area contributed by atoms with Crippen molar-refractivity contribution in [3.63, 3.8) is 0 Å². The standard InChI is InChI=1S/C27H38F3IN2O7/c1-3-4-5-6-7-8-23(36)33(16-27(28,29)30)20-13-18(26(38)32-9-10-34)14-21(24(20)37)40-25-19(31)11-17(15-35)12-22(25)39-2/h11-12,14,20-21,24,34-35,37H,3-10,13,15-16H2,1-2H3,(H,32,38)/t20-,21+,24+/m1/s1. The number of methoxy groups -OCH3 is 1. The Morgan fingerprint density at radius 3 is 2.48 bits per heavy atom. The van der Waals surface area contributed by atoms with Gasteiger partial charge in [0.2, 0.25) is 11.8 Å². The predicted octanol–water partition coefficient (Wildman–Crippen LogP) is 3.46. The van der Waals surface area contributed by atoms with Crippen LogP contribution in [0.4, 0.5) is 13.2 Å². The van der Waals surface area contributed by atoms with Crippen LogP contribution in [0.1, 0.15) is 57.4 Å². The molecule has 226 valence electrons. The van der Waals surface area contributed by atoms with Gasteiger partial charge in [-0.25, -0.2) is 0 Å². The van der Waals surface area contributed by atoms with Crippen LogP contribution in [0, 0.1) is 3.57 Å². The number of nitrogens with zero attached hydrogens (tertiary/aromatic N) is 1. The van der Waals surface area contributed by atoms with Gasteiger partial charge in [-0.1, -0.05) is 32.6 Å². The number of alkyl halides is 3. The maximum absolute atomic E-state index is 13.7. The second kappa shape index (κ2) is 16.4. The van der Waals surface area contributed by atoms with Crippen LogP contribution in [-0.4, -0.2) is 83.3 Å². The Balaban J connectivity index is 2.45. The molecular formula is C27H38F3IN2O7. The first kappa shape index (κ1) is 34.1. The molecule has 1 aliphatic carbocycles. The summed E-state index contributed by atoms with van der Waals surface area (Å²) in [7, 11) is 1.37. The summed E-state index contributed by atoms with van der Waals surface area (Å²) >= 11 is 1.93. The van der Waals surface area contributed by atoms with E-state index in [2.05, 4.69) is 5.32 Å². The molecule has 0 saturated heterocycles. The highest BCUT2D eigenvalue weighted by atomic mass is 127. The van der Waals surface area contributed by atoms with E-state index >= 15 is 0 Å². The number of benzene rings is 1. The van der Waals surface area contributed by atoms with E-state index in [0.29, 0.717) is 26.9 Å². The first-order chi connectivity index (χ1) is 18.9. The van der Waals surface area contributed by atoms with Gasteiger partial charge in [0.1, 0.15) is 18.8 Å². The molecule has 0 bridgehead atoms. The largest absolute Gasteiger partial charge is 0.493 e. The molecule has 1 aliphatic rings. The Kier molecular flexibility index (Phi) is 14.0. The number of carbonyl (C=O) groups excluding carboxylic acids is 2. The van der Waals surface area contributed by atoms with Gasteiger partial charge in [0.05, 0.1) is 29.9 Å². The predicted molar refractivity (Wildman–Crippen MR) is 150 cm³/mol. The fourth-order valence-corrected chi connectivity index (χ4v) is 5.29. The van der Waals surface area contributed by atoms with Gasteiger partial charge < -0.3 is 35.0 Å². The molecule has 4 N–H and O–H groups in total. The van der Waals surface area contributed by atoms with Crippen molar-refractivity contribution in [3.05, 3.63) is 32.9 Å². The number of aliphatic hydroxyl groups excluding tert-OH is 3. The van der Waals surface area contributed by atoms with Gasteiger partial charge in [0, 0.05) is 25.0 Å². The van der Waals surface area contributed by atoms with Crippen LogP contribution in [0.15, 0.2) is 23.8 Å². The molecule has 1 aromatic carbocycles. The van der Waals surface area contributed by atoms with E-state index in [9.17, 15) is 33.0 Å². The van der Waals surface area contributed by atoms with Crippen LogP contribution in [0.2, 0.25) is 0 Å². The van der Waals surface area contributed by atoms with E-state index in [-0.39, 0.29) is 49.7 Å². The van der Waals surface area contributed by atoms with E-state index < -0.39 is 42.8 Å². The van der Waals surface area contributed by atoms with Crippen LogP contribution in [0.3, 0.4) is 0 Å². The molecule has 0 unspecified atom stereocenters. The molecule has 0 fully saturated rings. The van der Waals surface area contributed by atoms with Gasteiger partial charge in [-0.05, 0) is 52.8 Å². The SMILES string of the molecule is CCCCCCCC(=O)N(CC(F)(F)F)[C@@H]1CC(C(=O)NCCO)=C[C@H](Oc2c(I)cc(CO)cc2OC)[C@H]1O. The van der Waals surface area contributed by atoms with Crippen molar-refractivity contribution in [2.24, 2.45) is 0 Å². The lowest BCUT2D eigenvalue weighted by Gasteiger charge is -2.41. The zero-order valence-electron chi connectivity index (χ0n) is 22.7. The molecule has 13 heteroatoms. The van der Waals surface area contributed by atoms with Crippen LogP contribution < -0.4 is 14.8 Å². The first-order valence-electron chi connectivity index (χ1n) is 13.2. The second-order valence-electron chi connectivity index (χ2n) is 9.58. The second-order valence-corrected chi connectivity index (χ2v) is 10.7. The Hall–Kier alpha value is -2.10. The number of hydrogen-bond donors (Lipinski definition) is 4.